The number of ether oxygens (including phenoxy) is 3. The van der Waals surface area contributed by atoms with Gasteiger partial charge in [0.05, 0.1) is 13.2 Å². The van der Waals surface area contributed by atoms with E-state index >= 15 is 0 Å². The van der Waals surface area contributed by atoms with Crippen molar-refractivity contribution < 1.29 is 24.4 Å². The van der Waals surface area contributed by atoms with Gasteiger partial charge in [0.25, 0.3) is 0 Å². The molecule has 82 valence electrons. The van der Waals surface area contributed by atoms with E-state index in [2.05, 4.69) is 0 Å². The highest BCUT2D eigenvalue weighted by Gasteiger charge is 2.57. The van der Waals surface area contributed by atoms with E-state index in [9.17, 15) is 10.2 Å². The summed E-state index contributed by atoms with van der Waals surface area (Å²) in [6.45, 7) is 2.21. The summed E-state index contributed by atoms with van der Waals surface area (Å²) in [5.74, 6) is -0.717. The van der Waals surface area contributed by atoms with Crippen molar-refractivity contribution in [1.82, 2.24) is 0 Å². The second-order valence-electron chi connectivity index (χ2n) is 4.19. The maximum absolute atomic E-state index is 9.77. The Morgan fingerprint density at radius 2 is 2.07 bits per heavy atom. The van der Waals surface area contributed by atoms with Gasteiger partial charge in [0, 0.05) is 13.5 Å². The quantitative estimate of drug-likeness (QED) is 0.589. The lowest BCUT2D eigenvalue weighted by molar-refractivity contribution is -0.178. The molecular weight excluding hydrogens is 188 g/mol. The van der Waals surface area contributed by atoms with Gasteiger partial charge in [-0.3, -0.25) is 0 Å². The molecule has 0 saturated carbocycles. The van der Waals surface area contributed by atoms with Crippen LogP contribution in [0.2, 0.25) is 0 Å². The van der Waals surface area contributed by atoms with Crippen LogP contribution in [0.4, 0.5) is 0 Å². The van der Waals surface area contributed by atoms with Crippen LogP contribution in [-0.2, 0) is 14.2 Å². The standard InChI is InChI=1S/C9H16O5/c1-8(12-2)4-9(5-14-8)7(11)6(10)3-13-9/h6-7,10-11H,3-5H2,1-2H3/t6-,7+,8-,9+/m1/s1. The fourth-order valence-corrected chi connectivity index (χ4v) is 2.11. The third kappa shape index (κ3) is 1.36. The van der Waals surface area contributed by atoms with Crippen molar-refractivity contribution in [2.24, 2.45) is 0 Å². The van der Waals surface area contributed by atoms with Crippen molar-refractivity contribution in [3.63, 3.8) is 0 Å². The Hall–Kier alpha value is -0.200. The second-order valence-corrected chi connectivity index (χ2v) is 4.19. The van der Waals surface area contributed by atoms with Crippen molar-refractivity contribution in [3.05, 3.63) is 0 Å². The van der Waals surface area contributed by atoms with E-state index < -0.39 is 23.6 Å². The minimum Gasteiger partial charge on any atom is -0.388 e. The summed E-state index contributed by atoms with van der Waals surface area (Å²) in [7, 11) is 1.55. The first-order valence-corrected chi connectivity index (χ1v) is 4.71. The van der Waals surface area contributed by atoms with Crippen LogP contribution in [0.5, 0.6) is 0 Å². The summed E-state index contributed by atoms with van der Waals surface area (Å²) in [6, 6.07) is 0. The first-order valence-electron chi connectivity index (χ1n) is 4.71. The van der Waals surface area contributed by atoms with Gasteiger partial charge in [-0.05, 0) is 6.92 Å². The summed E-state index contributed by atoms with van der Waals surface area (Å²) < 4.78 is 16.0. The third-order valence-corrected chi connectivity index (χ3v) is 3.12. The number of hydrogen-bond donors (Lipinski definition) is 2. The molecule has 1 spiro atoms. The van der Waals surface area contributed by atoms with Gasteiger partial charge >= 0.3 is 0 Å². The highest BCUT2D eigenvalue weighted by atomic mass is 16.7. The molecule has 2 fully saturated rings. The molecule has 0 radical (unpaired) electrons. The van der Waals surface area contributed by atoms with Gasteiger partial charge in [-0.25, -0.2) is 0 Å². The van der Waals surface area contributed by atoms with Gasteiger partial charge in [0.2, 0.25) is 0 Å². The van der Waals surface area contributed by atoms with E-state index in [4.69, 9.17) is 14.2 Å². The molecule has 2 aliphatic heterocycles. The largest absolute Gasteiger partial charge is 0.388 e. The minimum absolute atomic E-state index is 0.157. The van der Waals surface area contributed by atoms with E-state index in [0.29, 0.717) is 6.42 Å². The molecule has 4 atom stereocenters. The van der Waals surface area contributed by atoms with E-state index in [-0.39, 0.29) is 13.2 Å². The molecule has 0 aromatic heterocycles. The lowest BCUT2D eigenvalue weighted by Crippen LogP contribution is -2.44. The first-order chi connectivity index (χ1) is 6.51. The summed E-state index contributed by atoms with van der Waals surface area (Å²) in [5.41, 5.74) is -0.788. The van der Waals surface area contributed by atoms with Gasteiger partial charge in [-0.2, -0.15) is 0 Å². The SMILES string of the molecule is CO[C@@]1(C)C[C@@]2(CO1)OC[C@@H](O)[C@@H]2O. The molecule has 2 heterocycles. The van der Waals surface area contributed by atoms with Crippen LogP contribution in [0, 0.1) is 0 Å². The fraction of sp³-hybridized carbons (Fsp3) is 1.00. The average Bonchev–Trinajstić information content (AvgIpc) is 2.65. The van der Waals surface area contributed by atoms with Crippen molar-refractivity contribution in [2.75, 3.05) is 20.3 Å². The maximum Gasteiger partial charge on any atom is 0.168 e. The van der Waals surface area contributed by atoms with Crippen molar-refractivity contribution in [3.8, 4) is 0 Å². The molecule has 2 aliphatic rings. The van der Waals surface area contributed by atoms with Gasteiger partial charge in [-0.15, -0.1) is 0 Å². The van der Waals surface area contributed by atoms with Crippen LogP contribution < -0.4 is 0 Å². The Balaban J connectivity index is 2.13. The number of methoxy groups -OCH3 is 1. The van der Waals surface area contributed by atoms with Gasteiger partial charge in [0.15, 0.2) is 5.79 Å². The predicted molar refractivity (Wildman–Crippen MR) is 46.7 cm³/mol. The highest BCUT2D eigenvalue weighted by molar-refractivity contribution is 5.04. The van der Waals surface area contributed by atoms with Crippen LogP contribution in [0.25, 0.3) is 0 Å². The van der Waals surface area contributed by atoms with Crippen molar-refractivity contribution in [1.29, 1.82) is 0 Å². The van der Waals surface area contributed by atoms with Crippen LogP contribution in [0.15, 0.2) is 0 Å². The maximum atomic E-state index is 9.77. The molecule has 0 aliphatic carbocycles. The zero-order chi connectivity index (χ0) is 10.4. The molecule has 0 bridgehead atoms. The van der Waals surface area contributed by atoms with Crippen molar-refractivity contribution in [2.45, 2.75) is 36.9 Å². The lowest BCUT2D eigenvalue weighted by Gasteiger charge is -2.27. The van der Waals surface area contributed by atoms with Crippen molar-refractivity contribution >= 4 is 0 Å². The van der Waals surface area contributed by atoms with E-state index in [1.807, 2.05) is 0 Å². The molecule has 14 heavy (non-hydrogen) atoms. The Bertz CT molecular complexity index is 233. The smallest absolute Gasteiger partial charge is 0.168 e. The number of hydrogen-bond acceptors (Lipinski definition) is 5. The molecular formula is C9H16O5. The Kier molecular flexibility index (Phi) is 2.32. The third-order valence-electron chi connectivity index (χ3n) is 3.12. The molecule has 2 saturated heterocycles. The van der Waals surface area contributed by atoms with Gasteiger partial charge in [0.1, 0.15) is 17.8 Å². The Morgan fingerprint density at radius 1 is 1.36 bits per heavy atom. The topological polar surface area (TPSA) is 68.2 Å². The number of rotatable bonds is 1. The first kappa shape index (κ1) is 10.3. The van der Waals surface area contributed by atoms with E-state index in [1.54, 1.807) is 14.0 Å². The molecule has 0 aromatic carbocycles. The zero-order valence-corrected chi connectivity index (χ0v) is 8.40. The van der Waals surface area contributed by atoms with Gasteiger partial charge in [-0.1, -0.05) is 0 Å². The van der Waals surface area contributed by atoms with Crippen LogP contribution in [-0.4, -0.2) is 54.1 Å². The molecule has 2 rings (SSSR count). The normalized spacial score (nSPS) is 53.1. The van der Waals surface area contributed by atoms with Gasteiger partial charge < -0.3 is 24.4 Å². The van der Waals surface area contributed by atoms with Crippen LogP contribution in [0.1, 0.15) is 13.3 Å². The summed E-state index contributed by atoms with van der Waals surface area (Å²) >= 11 is 0. The average molecular weight is 204 g/mol. The fourth-order valence-electron chi connectivity index (χ4n) is 2.11. The molecule has 0 unspecified atom stereocenters. The highest BCUT2D eigenvalue weighted by Crippen LogP contribution is 2.42. The molecule has 0 aromatic rings. The van der Waals surface area contributed by atoms with E-state index in [1.165, 1.54) is 0 Å². The Morgan fingerprint density at radius 3 is 2.50 bits per heavy atom. The van der Waals surface area contributed by atoms with Crippen LogP contribution >= 0.6 is 0 Å². The lowest BCUT2D eigenvalue weighted by atomic mass is 9.92. The summed E-state index contributed by atoms with van der Waals surface area (Å²) in [6.07, 6.45) is -1.27. The molecule has 5 nitrogen and oxygen atoms in total. The summed E-state index contributed by atoms with van der Waals surface area (Å²) in [4.78, 5) is 0. The molecule has 0 amide bonds. The second kappa shape index (κ2) is 3.15. The minimum atomic E-state index is -0.889. The molecule has 5 heteroatoms. The monoisotopic (exact) mass is 204 g/mol. The predicted octanol–water partition coefficient (Wildman–Crippen LogP) is -0.740. The van der Waals surface area contributed by atoms with E-state index in [0.717, 1.165) is 0 Å². The Labute approximate surface area is 82.6 Å². The molecule has 2 N–H and O–H groups in total. The van der Waals surface area contributed by atoms with Crippen LogP contribution in [0.3, 0.4) is 0 Å². The number of aliphatic hydroxyl groups is 2. The summed E-state index contributed by atoms with van der Waals surface area (Å²) in [5, 5.41) is 19.2. The number of aliphatic hydroxyl groups excluding tert-OH is 2. The zero-order valence-electron chi connectivity index (χ0n) is 8.40.